The Morgan fingerprint density at radius 3 is 2.76 bits per heavy atom. The van der Waals surface area contributed by atoms with Crippen LogP contribution in [-0.4, -0.2) is 36.2 Å². The third kappa shape index (κ3) is 2.94. The molecular weight excluding hydrogens is 284 g/mol. The van der Waals surface area contributed by atoms with Crippen LogP contribution in [0.5, 0.6) is 0 Å². The summed E-state index contributed by atoms with van der Waals surface area (Å²) in [6, 6.07) is 2.25. The first kappa shape index (κ1) is 14.9. The molecule has 21 heavy (non-hydrogen) atoms. The van der Waals surface area contributed by atoms with Gasteiger partial charge in [0, 0.05) is 24.5 Å². The van der Waals surface area contributed by atoms with Crippen molar-refractivity contribution in [3.8, 4) is 0 Å². The topological polar surface area (TPSA) is 41.6 Å². The van der Waals surface area contributed by atoms with Crippen molar-refractivity contribution >= 4 is 17.4 Å². The molecule has 0 saturated carbocycles. The predicted octanol–water partition coefficient (Wildman–Crippen LogP) is 3.12. The number of hydrogen-bond donors (Lipinski definition) is 1. The quantitative estimate of drug-likeness (QED) is 0.800. The zero-order valence-corrected chi connectivity index (χ0v) is 13.9. The van der Waals surface area contributed by atoms with Crippen LogP contribution in [0.2, 0.25) is 0 Å². The van der Waals surface area contributed by atoms with Crippen molar-refractivity contribution in [3.63, 3.8) is 0 Å². The molecule has 0 bridgehead atoms. The largest absolute Gasteiger partial charge is 0.444 e. The molecule has 0 radical (unpaired) electrons. The second-order valence-electron chi connectivity index (χ2n) is 7.00. The summed E-state index contributed by atoms with van der Waals surface area (Å²) in [6.45, 7) is 8.31. The molecule has 3 rings (SSSR count). The van der Waals surface area contributed by atoms with E-state index in [-0.39, 0.29) is 11.6 Å². The lowest BCUT2D eigenvalue weighted by molar-refractivity contribution is 0.0142. The molecule has 0 aromatic carbocycles. The lowest BCUT2D eigenvalue weighted by Crippen LogP contribution is -2.54. The van der Waals surface area contributed by atoms with Crippen LogP contribution in [0.4, 0.5) is 4.79 Å². The molecule has 1 saturated heterocycles. The first-order valence-electron chi connectivity index (χ1n) is 7.69. The van der Waals surface area contributed by atoms with Crippen LogP contribution in [0.3, 0.4) is 0 Å². The number of ether oxygens (including phenoxy) is 1. The van der Waals surface area contributed by atoms with E-state index in [9.17, 15) is 4.79 Å². The Hall–Kier alpha value is -1.07. The normalized spacial score (nSPS) is 21.2. The number of hydrogen-bond acceptors (Lipinski definition) is 4. The van der Waals surface area contributed by atoms with E-state index in [1.807, 2.05) is 37.0 Å². The molecule has 0 unspecified atom stereocenters. The van der Waals surface area contributed by atoms with E-state index < -0.39 is 5.60 Å². The second kappa shape index (κ2) is 5.29. The van der Waals surface area contributed by atoms with Crippen LogP contribution >= 0.6 is 11.3 Å². The summed E-state index contributed by atoms with van der Waals surface area (Å²) in [5.74, 6) is 0. The summed E-state index contributed by atoms with van der Waals surface area (Å²) in [4.78, 5) is 15.5. The van der Waals surface area contributed by atoms with Gasteiger partial charge in [-0.1, -0.05) is 0 Å². The van der Waals surface area contributed by atoms with Gasteiger partial charge in [0.1, 0.15) is 5.60 Å². The monoisotopic (exact) mass is 308 g/mol. The van der Waals surface area contributed by atoms with Crippen LogP contribution < -0.4 is 5.32 Å². The highest BCUT2D eigenvalue weighted by Crippen LogP contribution is 2.40. The maximum atomic E-state index is 12.2. The summed E-state index contributed by atoms with van der Waals surface area (Å²) < 4.78 is 5.48. The molecule has 1 aromatic rings. The van der Waals surface area contributed by atoms with Crippen LogP contribution in [0.1, 0.15) is 44.1 Å². The Labute approximate surface area is 130 Å². The third-order valence-electron chi connectivity index (χ3n) is 4.31. The Morgan fingerprint density at radius 2 is 2.10 bits per heavy atom. The number of nitrogens with zero attached hydrogens (tertiary/aromatic N) is 1. The molecule has 4 nitrogen and oxygen atoms in total. The smallest absolute Gasteiger partial charge is 0.410 e. The fourth-order valence-corrected chi connectivity index (χ4v) is 4.46. The van der Waals surface area contributed by atoms with Gasteiger partial charge in [-0.2, -0.15) is 0 Å². The van der Waals surface area contributed by atoms with Crippen molar-refractivity contribution in [1.29, 1.82) is 0 Å². The van der Waals surface area contributed by atoms with Gasteiger partial charge in [0.15, 0.2) is 0 Å². The van der Waals surface area contributed by atoms with E-state index in [2.05, 4.69) is 16.8 Å². The highest BCUT2D eigenvalue weighted by atomic mass is 32.1. The number of thiophene rings is 1. The van der Waals surface area contributed by atoms with E-state index in [0.717, 1.165) is 38.9 Å². The van der Waals surface area contributed by atoms with Gasteiger partial charge < -0.3 is 15.0 Å². The lowest BCUT2D eigenvalue weighted by atomic mass is 9.81. The maximum Gasteiger partial charge on any atom is 0.410 e. The molecule has 1 spiro atoms. The van der Waals surface area contributed by atoms with Crippen molar-refractivity contribution in [1.82, 2.24) is 10.2 Å². The molecule has 2 aliphatic heterocycles. The predicted molar refractivity (Wildman–Crippen MR) is 84.7 cm³/mol. The highest BCUT2D eigenvalue weighted by Gasteiger charge is 2.41. The number of nitrogens with one attached hydrogen (secondary N) is 1. The van der Waals surface area contributed by atoms with Crippen molar-refractivity contribution < 1.29 is 9.53 Å². The minimum Gasteiger partial charge on any atom is -0.444 e. The molecule has 3 heterocycles. The molecule has 5 heteroatoms. The first-order chi connectivity index (χ1) is 9.90. The third-order valence-corrected chi connectivity index (χ3v) is 5.47. The van der Waals surface area contributed by atoms with E-state index in [1.165, 1.54) is 10.4 Å². The average Bonchev–Trinajstić information content (AvgIpc) is 2.87. The summed E-state index contributed by atoms with van der Waals surface area (Å²) in [5.41, 5.74) is 1.15. The van der Waals surface area contributed by atoms with Gasteiger partial charge in [-0.25, -0.2) is 4.79 Å². The van der Waals surface area contributed by atoms with Gasteiger partial charge in [-0.3, -0.25) is 0 Å². The van der Waals surface area contributed by atoms with Gasteiger partial charge in [0.2, 0.25) is 0 Å². The molecule has 1 aromatic heterocycles. The summed E-state index contributed by atoms with van der Waals surface area (Å²) in [7, 11) is 0. The van der Waals surface area contributed by atoms with Gasteiger partial charge in [0.05, 0.1) is 5.54 Å². The Balaban J connectivity index is 1.68. The van der Waals surface area contributed by atoms with Crippen LogP contribution in [0.15, 0.2) is 11.4 Å². The van der Waals surface area contributed by atoms with E-state index in [1.54, 1.807) is 0 Å². The zero-order valence-electron chi connectivity index (χ0n) is 13.1. The maximum absolute atomic E-state index is 12.2. The molecular formula is C16H24N2O2S. The first-order valence-corrected chi connectivity index (χ1v) is 8.57. The number of amides is 1. The number of carbonyl (C=O) groups excluding carboxylic acids is 1. The van der Waals surface area contributed by atoms with Crippen molar-refractivity contribution in [2.75, 3.05) is 19.6 Å². The Kier molecular flexibility index (Phi) is 3.74. The molecule has 0 atom stereocenters. The number of fused-ring (bicyclic) bond motifs is 2. The lowest BCUT2D eigenvalue weighted by Gasteiger charge is -2.44. The Bertz CT molecular complexity index is 525. The number of piperidine rings is 1. The van der Waals surface area contributed by atoms with Crippen molar-refractivity contribution in [2.45, 2.75) is 51.2 Å². The molecule has 0 aliphatic carbocycles. The average molecular weight is 308 g/mol. The SMILES string of the molecule is CC(C)(C)OC(=O)N1CCC2(CC1)NCCc1ccsc12. The standard InChI is InChI=1S/C16H24N2O2S/c1-15(2,3)20-14(19)18-9-6-16(7-10-18)13-12(4-8-17-16)5-11-21-13/h5,11,17H,4,6-10H2,1-3H3. The van der Waals surface area contributed by atoms with E-state index in [0.29, 0.717) is 0 Å². The van der Waals surface area contributed by atoms with Gasteiger partial charge in [-0.15, -0.1) is 11.3 Å². The summed E-state index contributed by atoms with van der Waals surface area (Å²) >= 11 is 1.85. The summed E-state index contributed by atoms with van der Waals surface area (Å²) in [6.07, 6.45) is 2.88. The fraction of sp³-hybridized carbons (Fsp3) is 0.688. The van der Waals surface area contributed by atoms with Crippen molar-refractivity contribution in [3.05, 3.63) is 21.9 Å². The molecule has 116 valence electrons. The summed E-state index contributed by atoms with van der Waals surface area (Å²) in [5, 5.41) is 5.91. The molecule has 1 amide bonds. The molecule has 1 N–H and O–H groups in total. The van der Waals surface area contributed by atoms with Gasteiger partial charge in [0.25, 0.3) is 0 Å². The fourth-order valence-electron chi connectivity index (χ4n) is 3.27. The van der Waals surface area contributed by atoms with E-state index >= 15 is 0 Å². The van der Waals surface area contributed by atoms with E-state index in [4.69, 9.17) is 4.74 Å². The zero-order chi connectivity index (χ0) is 15.1. The van der Waals surface area contributed by atoms with Crippen LogP contribution in [0.25, 0.3) is 0 Å². The van der Waals surface area contributed by atoms with Crippen LogP contribution in [0, 0.1) is 0 Å². The van der Waals surface area contributed by atoms with Crippen LogP contribution in [-0.2, 0) is 16.7 Å². The van der Waals surface area contributed by atoms with Crippen molar-refractivity contribution in [2.24, 2.45) is 0 Å². The molecule has 1 fully saturated rings. The number of carbonyl (C=O) groups is 1. The number of rotatable bonds is 0. The Morgan fingerprint density at radius 1 is 1.38 bits per heavy atom. The number of likely N-dealkylation sites (tertiary alicyclic amines) is 1. The minimum absolute atomic E-state index is 0.0836. The molecule has 2 aliphatic rings. The minimum atomic E-state index is -0.420. The van der Waals surface area contributed by atoms with Gasteiger partial charge >= 0.3 is 6.09 Å². The van der Waals surface area contributed by atoms with Gasteiger partial charge in [-0.05, 0) is 57.0 Å². The highest BCUT2D eigenvalue weighted by molar-refractivity contribution is 7.10. The second-order valence-corrected chi connectivity index (χ2v) is 7.92.